The predicted molar refractivity (Wildman–Crippen MR) is 88.1 cm³/mol. The summed E-state index contributed by atoms with van der Waals surface area (Å²) in [5.41, 5.74) is 6.30. The van der Waals surface area contributed by atoms with Gasteiger partial charge < -0.3 is 26.4 Å². The molecule has 3 amide bonds. The molecule has 0 aliphatic carbocycles. The Kier molecular flexibility index (Phi) is 5.75. The number of hydrogen-bond acceptors (Lipinski definition) is 5. The molecule has 24 heavy (non-hydrogen) atoms. The van der Waals surface area contributed by atoms with Crippen molar-refractivity contribution >= 4 is 23.4 Å². The quantitative estimate of drug-likeness (QED) is 0.593. The van der Waals surface area contributed by atoms with Crippen LogP contribution in [0.25, 0.3) is 0 Å². The number of hydrogen-bond donors (Lipinski definition) is 4. The number of nitrogens with zero attached hydrogens (tertiary/aromatic N) is 1. The Hall–Kier alpha value is -2.61. The maximum absolute atomic E-state index is 12.3. The van der Waals surface area contributed by atoms with Crippen LogP contribution in [0.2, 0.25) is 0 Å². The average Bonchev–Trinajstić information content (AvgIpc) is 2.94. The van der Waals surface area contributed by atoms with E-state index >= 15 is 0 Å². The molecule has 0 radical (unpaired) electrons. The molecule has 0 unspecified atom stereocenters. The summed E-state index contributed by atoms with van der Waals surface area (Å²) in [6, 6.07) is 5.34. The molecule has 0 aromatic heterocycles. The summed E-state index contributed by atoms with van der Waals surface area (Å²) in [7, 11) is 1.51. The zero-order valence-electron chi connectivity index (χ0n) is 13.5. The Morgan fingerprint density at radius 2 is 2.08 bits per heavy atom. The fraction of sp³-hybridized carbons (Fsp3) is 0.438. The Morgan fingerprint density at radius 3 is 2.75 bits per heavy atom. The molecule has 0 saturated carbocycles. The normalized spacial score (nSPS) is 19.8. The van der Waals surface area contributed by atoms with Crippen molar-refractivity contribution in [2.75, 3.05) is 18.9 Å². The second kappa shape index (κ2) is 7.78. The van der Waals surface area contributed by atoms with Gasteiger partial charge in [-0.05, 0) is 18.6 Å². The standard InChI is InChI=1S/C16H22N4O4/c1-18-16(24)13-7-10(17)9-20(13)15(23)6-5-14(22)19-11-3-2-4-12(21)8-11/h2-4,8,10,13,21H,5-7,9,17H2,1H3,(H,18,24)(H,19,22)/t10-,13+/m1/s1. The third kappa shape index (κ3) is 4.45. The lowest BCUT2D eigenvalue weighted by atomic mass is 10.1. The first-order chi connectivity index (χ1) is 11.4. The van der Waals surface area contributed by atoms with Crippen molar-refractivity contribution in [1.29, 1.82) is 0 Å². The van der Waals surface area contributed by atoms with Gasteiger partial charge in [-0.2, -0.15) is 0 Å². The Morgan fingerprint density at radius 1 is 1.33 bits per heavy atom. The van der Waals surface area contributed by atoms with Crippen molar-refractivity contribution in [3.63, 3.8) is 0 Å². The van der Waals surface area contributed by atoms with Gasteiger partial charge >= 0.3 is 0 Å². The van der Waals surface area contributed by atoms with Crippen LogP contribution in [0, 0.1) is 0 Å². The van der Waals surface area contributed by atoms with E-state index in [9.17, 15) is 19.5 Å². The number of aromatic hydroxyl groups is 1. The fourth-order valence-corrected chi connectivity index (χ4v) is 2.73. The zero-order valence-corrected chi connectivity index (χ0v) is 13.5. The van der Waals surface area contributed by atoms with Crippen LogP contribution in [-0.4, -0.2) is 53.4 Å². The second-order valence-corrected chi connectivity index (χ2v) is 5.77. The van der Waals surface area contributed by atoms with Crippen LogP contribution >= 0.6 is 0 Å². The molecule has 1 aromatic rings. The van der Waals surface area contributed by atoms with Crippen molar-refractivity contribution in [3.05, 3.63) is 24.3 Å². The van der Waals surface area contributed by atoms with Crippen molar-refractivity contribution in [2.45, 2.75) is 31.3 Å². The summed E-state index contributed by atoms with van der Waals surface area (Å²) in [4.78, 5) is 37.5. The van der Waals surface area contributed by atoms with E-state index in [-0.39, 0.29) is 42.4 Å². The fourth-order valence-electron chi connectivity index (χ4n) is 2.73. The highest BCUT2D eigenvalue weighted by Crippen LogP contribution is 2.19. The van der Waals surface area contributed by atoms with Crippen LogP contribution in [0.5, 0.6) is 5.75 Å². The van der Waals surface area contributed by atoms with Crippen molar-refractivity contribution in [3.8, 4) is 5.75 Å². The highest BCUT2D eigenvalue weighted by Gasteiger charge is 2.37. The van der Waals surface area contributed by atoms with E-state index in [1.54, 1.807) is 12.1 Å². The molecule has 130 valence electrons. The molecule has 1 fully saturated rings. The van der Waals surface area contributed by atoms with Crippen molar-refractivity contribution in [2.24, 2.45) is 5.73 Å². The molecule has 1 aliphatic rings. The van der Waals surface area contributed by atoms with Gasteiger partial charge in [0.15, 0.2) is 0 Å². The van der Waals surface area contributed by atoms with Crippen LogP contribution in [-0.2, 0) is 14.4 Å². The highest BCUT2D eigenvalue weighted by atomic mass is 16.3. The van der Waals surface area contributed by atoms with Gasteiger partial charge in [-0.1, -0.05) is 6.07 Å². The van der Waals surface area contributed by atoms with Gasteiger partial charge in [-0.3, -0.25) is 14.4 Å². The Labute approximate surface area is 140 Å². The van der Waals surface area contributed by atoms with Gasteiger partial charge in [-0.25, -0.2) is 0 Å². The lowest BCUT2D eigenvalue weighted by Crippen LogP contribution is -2.45. The third-order valence-corrected chi connectivity index (χ3v) is 3.90. The summed E-state index contributed by atoms with van der Waals surface area (Å²) in [5, 5.41) is 14.5. The monoisotopic (exact) mass is 334 g/mol. The van der Waals surface area contributed by atoms with Gasteiger partial charge in [0.05, 0.1) is 0 Å². The average molecular weight is 334 g/mol. The lowest BCUT2D eigenvalue weighted by molar-refractivity contribution is -0.138. The van der Waals surface area contributed by atoms with Crippen LogP contribution in [0.4, 0.5) is 5.69 Å². The van der Waals surface area contributed by atoms with E-state index in [0.29, 0.717) is 18.7 Å². The predicted octanol–water partition coefficient (Wildman–Crippen LogP) is -0.215. The second-order valence-electron chi connectivity index (χ2n) is 5.77. The topological polar surface area (TPSA) is 125 Å². The van der Waals surface area contributed by atoms with Gasteiger partial charge in [0.2, 0.25) is 17.7 Å². The summed E-state index contributed by atoms with van der Waals surface area (Å²) < 4.78 is 0. The molecule has 1 saturated heterocycles. The molecule has 5 N–H and O–H groups in total. The minimum atomic E-state index is -0.577. The number of benzene rings is 1. The van der Waals surface area contributed by atoms with E-state index in [2.05, 4.69) is 10.6 Å². The number of anilines is 1. The molecule has 2 atom stereocenters. The van der Waals surface area contributed by atoms with E-state index in [0.717, 1.165) is 0 Å². The summed E-state index contributed by atoms with van der Waals surface area (Å²) in [6.45, 7) is 0.311. The first kappa shape index (κ1) is 17.7. The van der Waals surface area contributed by atoms with Crippen molar-refractivity contribution in [1.82, 2.24) is 10.2 Å². The molecule has 0 bridgehead atoms. The zero-order chi connectivity index (χ0) is 17.7. The lowest BCUT2D eigenvalue weighted by Gasteiger charge is -2.23. The molecule has 1 aromatic carbocycles. The maximum Gasteiger partial charge on any atom is 0.242 e. The van der Waals surface area contributed by atoms with Crippen LogP contribution in [0.3, 0.4) is 0 Å². The summed E-state index contributed by atoms with van der Waals surface area (Å²) >= 11 is 0. The number of amides is 3. The number of phenolic OH excluding ortho intramolecular Hbond substituents is 1. The smallest absolute Gasteiger partial charge is 0.242 e. The molecule has 8 heteroatoms. The number of likely N-dealkylation sites (N-methyl/N-ethyl adjacent to an activating group) is 1. The van der Waals surface area contributed by atoms with Crippen LogP contribution in [0.1, 0.15) is 19.3 Å². The molecule has 8 nitrogen and oxygen atoms in total. The maximum atomic E-state index is 12.3. The number of nitrogens with two attached hydrogens (primary N) is 1. The molecular weight excluding hydrogens is 312 g/mol. The number of carbonyl (C=O) groups is 3. The first-order valence-corrected chi connectivity index (χ1v) is 7.76. The number of likely N-dealkylation sites (tertiary alicyclic amines) is 1. The van der Waals surface area contributed by atoms with E-state index in [4.69, 9.17) is 5.73 Å². The Bertz CT molecular complexity index is 634. The molecule has 2 rings (SSSR count). The van der Waals surface area contributed by atoms with Crippen LogP contribution in [0.15, 0.2) is 24.3 Å². The van der Waals surface area contributed by atoms with Gasteiger partial charge in [0, 0.05) is 44.2 Å². The SMILES string of the molecule is CNC(=O)[C@@H]1C[C@@H](N)CN1C(=O)CCC(=O)Nc1cccc(O)c1. The highest BCUT2D eigenvalue weighted by molar-refractivity contribution is 5.94. The number of carbonyl (C=O) groups excluding carboxylic acids is 3. The molecular formula is C16H22N4O4. The summed E-state index contributed by atoms with van der Waals surface area (Å²) in [5.74, 6) is -0.819. The molecule has 1 heterocycles. The Balaban J connectivity index is 1.87. The third-order valence-electron chi connectivity index (χ3n) is 3.90. The minimum Gasteiger partial charge on any atom is -0.508 e. The van der Waals surface area contributed by atoms with E-state index < -0.39 is 6.04 Å². The van der Waals surface area contributed by atoms with Gasteiger partial charge in [0.25, 0.3) is 0 Å². The number of nitrogens with one attached hydrogen (secondary N) is 2. The first-order valence-electron chi connectivity index (χ1n) is 7.76. The van der Waals surface area contributed by atoms with Crippen molar-refractivity contribution < 1.29 is 19.5 Å². The van der Waals surface area contributed by atoms with Gasteiger partial charge in [-0.15, -0.1) is 0 Å². The van der Waals surface area contributed by atoms with Crippen LogP contribution < -0.4 is 16.4 Å². The van der Waals surface area contributed by atoms with E-state index in [1.165, 1.54) is 24.1 Å². The number of rotatable bonds is 5. The molecule has 1 aliphatic heterocycles. The molecule has 0 spiro atoms. The van der Waals surface area contributed by atoms with E-state index in [1.807, 2.05) is 0 Å². The van der Waals surface area contributed by atoms with Gasteiger partial charge in [0.1, 0.15) is 11.8 Å². The number of phenols is 1. The minimum absolute atomic E-state index is 0.00906. The largest absolute Gasteiger partial charge is 0.508 e. The summed E-state index contributed by atoms with van der Waals surface area (Å²) in [6.07, 6.45) is 0.395.